The molecule has 0 spiro atoms. The molecular weight excluding hydrogens is 265 g/mol. The Morgan fingerprint density at radius 3 is 2.40 bits per heavy atom. The van der Waals surface area contributed by atoms with Crippen molar-refractivity contribution in [2.75, 3.05) is 11.4 Å². The molecule has 0 saturated heterocycles. The third-order valence-electron chi connectivity index (χ3n) is 2.93. The number of para-hydroxylation sites is 1. The van der Waals surface area contributed by atoms with Gasteiger partial charge in [0, 0.05) is 18.3 Å². The van der Waals surface area contributed by atoms with Crippen molar-refractivity contribution in [2.24, 2.45) is 0 Å². The maximum Gasteiger partial charge on any atom is 0.251 e. The van der Waals surface area contributed by atoms with Gasteiger partial charge in [-0.05, 0) is 18.6 Å². The topological polar surface area (TPSA) is 16.1 Å². The SMILES string of the molecule is CCCCN(c1ccccc1)c1nc(F)c(F)cc1F. The molecule has 0 aliphatic carbocycles. The summed E-state index contributed by atoms with van der Waals surface area (Å²) in [4.78, 5) is 4.97. The van der Waals surface area contributed by atoms with E-state index in [-0.39, 0.29) is 5.82 Å². The first-order chi connectivity index (χ1) is 9.63. The molecule has 0 aliphatic rings. The molecule has 2 rings (SSSR count). The van der Waals surface area contributed by atoms with E-state index in [0.29, 0.717) is 18.3 Å². The minimum Gasteiger partial charge on any atom is -0.324 e. The Hall–Kier alpha value is -2.04. The molecule has 0 saturated carbocycles. The van der Waals surface area contributed by atoms with Gasteiger partial charge < -0.3 is 4.90 Å². The van der Waals surface area contributed by atoms with Crippen LogP contribution in [-0.2, 0) is 0 Å². The first kappa shape index (κ1) is 14.4. The maximum atomic E-state index is 13.9. The van der Waals surface area contributed by atoms with Gasteiger partial charge >= 0.3 is 0 Å². The molecule has 1 heterocycles. The van der Waals surface area contributed by atoms with E-state index in [1.807, 2.05) is 13.0 Å². The summed E-state index contributed by atoms with van der Waals surface area (Å²) >= 11 is 0. The van der Waals surface area contributed by atoms with Gasteiger partial charge in [0.05, 0.1) is 0 Å². The second-order valence-electron chi connectivity index (χ2n) is 4.41. The smallest absolute Gasteiger partial charge is 0.251 e. The highest BCUT2D eigenvalue weighted by Crippen LogP contribution is 2.27. The van der Waals surface area contributed by atoms with Crippen molar-refractivity contribution in [1.82, 2.24) is 4.98 Å². The predicted molar refractivity (Wildman–Crippen MR) is 72.5 cm³/mol. The number of hydrogen-bond donors (Lipinski definition) is 0. The van der Waals surface area contributed by atoms with Crippen LogP contribution in [0.1, 0.15) is 19.8 Å². The Labute approximate surface area is 115 Å². The van der Waals surface area contributed by atoms with Gasteiger partial charge in [-0.3, -0.25) is 0 Å². The van der Waals surface area contributed by atoms with Crippen LogP contribution in [0.3, 0.4) is 0 Å². The Kier molecular flexibility index (Phi) is 4.61. The van der Waals surface area contributed by atoms with Gasteiger partial charge in [0.1, 0.15) is 0 Å². The largest absolute Gasteiger partial charge is 0.324 e. The van der Waals surface area contributed by atoms with Crippen LogP contribution < -0.4 is 4.90 Å². The van der Waals surface area contributed by atoms with Gasteiger partial charge in [0.25, 0.3) is 5.95 Å². The number of halogens is 3. The Bertz CT molecular complexity index is 573. The van der Waals surface area contributed by atoms with Crippen molar-refractivity contribution in [1.29, 1.82) is 0 Å². The van der Waals surface area contributed by atoms with Crippen molar-refractivity contribution >= 4 is 11.5 Å². The van der Waals surface area contributed by atoms with E-state index in [4.69, 9.17) is 0 Å². The maximum absolute atomic E-state index is 13.9. The van der Waals surface area contributed by atoms with E-state index < -0.39 is 17.6 Å². The second kappa shape index (κ2) is 6.41. The molecule has 106 valence electrons. The Morgan fingerprint density at radius 1 is 1.05 bits per heavy atom. The lowest BCUT2D eigenvalue weighted by atomic mass is 10.2. The molecule has 2 nitrogen and oxygen atoms in total. The Morgan fingerprint density at radius 2 is 1.75 bits per heavy atom. The van der Waals surface area contributed by atoms with Gasteiger partial charge in [-0.15, -0.1) is 0 Å². The molecular formula is C15H15F3N2. The van der Waals surface area contributed by atoms with E-state index in [0.717, 1.165) is 12.8 Å². The van der Waals surface area contributed by atoms with E-state index in [2.05, 4.69) is 4.98 Å². The fourth-order valence-electron chi connectivity index (χ4n) is 1.91. The number of benzene rings is 1. The van der Waals surface area contributed by atoms with E-state index in [1.165, 1.54) is 0 Å². The third-order valence-corrected chi connectivity index (χ3v) is 2.93. The van der Waals surface area contributed by atoms with Gasteiger partial charge in [-0.25, -0.2) is 8.78 Å². The number of hydrogen-bond acceptors (Lipinski definition) is 2. The summed E-state index contributed by atoms with van der Waals surface area (Å²) < 4.78 is 40.1. The summed E-state index contributed by atoms with van der Waals surface area (Å²) in [6.07, 6.45) is 1.68. The summed E-state index contributed by atoms with van der Waals surface area (Å²) in [5.41, 5.74) is 0.693. The lowest BCUT2D eigenvalue weighted by Crippen LogP contribution is -2.21. The monoisotopic (exact) mass is 280 g/mol. The van der Waals surface area contributed by atoms with Crippen molar-refractivity contribution in [3.05, 3.63) is 54.0 Å². The van der Waals surface area contributed by atoms with Crippen molar-refractivity contribution < 1.29 is 13.2 Å². The number of nitrogens with zero attached hydrogens (tertiary/aromatic N) is 2. The second-order valence-corrected chi connectivity index (χ2v) is 4.41. The number of pyridine rings is 1. The molecule has 2 aromatic rings. The zero-order chi connectivity index (χ0) is 14.5. The minimum absolute atomic E-state index is 0.191. The number of unbranched alkanes of at least 4 members (excludes halogenated alkanes) is 1. The van der Waals surface area contributed by atoms with Gasteiger partial charge in [-0.1, -0.05) is 31.5 Å². The molecule has 0 amide bonds. The standard InChI is InChI=1S/C15H15F3N2/c1-2-3-9-20(11-7-5-4-6-8-11)15-13(17)10-12(16)14(18)19-15/h4-8,10H,2-3,9H2,1H3. The lowest BCUT2D eigenvalue weighted by Gasteiger charge is -2.24. The van der Waals surface area contributed by atoms with Gasteiger partial charge in [0.2, 0.25) is 0 Å². The van der Waals surface area contributed by atoms with Crippen molar-refractivity contribution in [3.63, 3.8) is 0 Å². The molecule has 1 aromatic carbocycles. The third kappa shape index (κ3) is 3.10. The van der Waals surface area contributed by atoms with Crippen LogP contribution in [0, 0.1) is 17.6 Å². The zero-order valence-corrected chi connectivity index (χ0v) is 11.1. The Balaban J connectivity index is 2.44. The average molecular weight is 280 g/mol. The molecule has 0 radical (unpaired) electrons. The van der Waals surface area contributed by atoms with Crippen LogP contribution in [0.4, 0.5) is 24.7 Å². The van der Waals surface area contributed by atoms with E-state index in [1.54, 1.807) is 29.2 Å². The number of rotatable bonds is 5. The summed E-state index contributed by atoms with van der Waals surface area (Å²) in [5.74, 6) is -3.64. The van der Waals surface area contributed by atoms with Crippen LogP contribution in [0.5, 0.6) is 0 Å². The fourth-order valence-corrected chi connectivity index (χ4v) is 1.91. The predicted octanol–water partition coefficient (Wildman–Crippen LogP) is 4.44. The molecule has 20 heavy (non-hydrogen) atoms. The van der Waals surface area contributed by atoms with Crippen LogP contribution >= 0.6 is 0 Å². The molecule has 0 aliphatic heterocycles. The van der Waals surface area contributed by atoms with Crippen LogP contribution in [0.25, 0.3) is 0 Å². The van der Waals surface area contributed by atoms with E-state index in [9.17, 15) is 13.2 Å². The first-order valence-electron chi connectivity index (χ1n) is 6.47. The van der Waals surface area contributed by atoms with Crippen molar-refractivity contribution in [3.8, 4) is 0 Å². The molecule has 0 atom stereocenters. The van der Waals surface area contributed by atoms with Gasteiger partial charge in [0.15, 0.2) is 17.5 Å². The molecule has 0 unspecified atom stereocenters. The van der Waals surface area contributed by atoms with Crippen LogP contribution in [0.2, 0.25) is 0 Å². The normalized spacial score (nSPS) is 10.6. The average Bonchev–Trinajstić information content (AvgIpc) is 2.45. The summed E-state index contributed by atoms with van der Waals surface area (Å²) in [5, 5.41) is 0. The first-order valence-corrected chi connectivity index (χ1v) is 6.47. The van der Waals surface area contributed by atoms with Gasteiger partial charge in [-0.2, -0.15) is 9.37 Å². The summed E-state index contributed by atoms with van der Waals surface area (Å²) in [6, 6.07) is 9.50. The molecule has 5 heteroatoms. The molecule has 1 aromatic heterocycles. The number of anilines is 2. The lowest BCUT2D eigenvalue weighted by molar-refractivity contribution is 0.464. The fraction of sp³-hybridized carbons (Fsp3) is 0.267. The molecule has 0 fully saturated rings. The highest BCUT2D eigenvalue weighted by molar-refractivity contribution is 5.60. The quantitative estimate of drug-likeness (QED) is 0.753. The summed E-state index contributed by atoms with van der Waals surface area (Å²) in [7, 11) is 0. The highest BCUT2D eigenvalue weighted by atomic mass is 19.2. The van der Waals surface area contributed by atoms with E-state index >= 15 is 0 Å². The molecule has 0 N–H and O–H groups in total. The highest BCUT2D eigenvalue weighted by Gasteiger charge is 2.18. The zero-order valence-electron chi connectivity index (χ0n) is 11.1. The summed E-state index contributed by atoms with van der Waals surface area (Å²) in [6.45, 7) is 2.48. The number of aromatic nitrogens is 1. The molecule has 0 bridgehead atoms. The van der Waals surface area contributed by atoms with Crippen LogP contribution in [0.15, 0.2) is 36.4 Å². The minimum atomic E-state index is -1.29. The van der Waals surface area contributed by atoms with Crippen LogP contribution in [-0.4, -0.2) is 11.5 Å². The van der Waals surface area contributed by atoms with Crippen molar-refractivity contribution in [2.45, 2.75) is 19.8 Å².